The molecule has 0 amide bonds. The van der Waals surface area contributed by atoms with Gasteiger partial charge >= 0.3 is 0 Å². The Hall–Kier alpha value is -0.610. The first-order chi connectivity index (χ1) is 6.31. The fourth-order valence-corrected chi connectivity index (χ4v) is 2.29. The van der Waals surface area contributed by atoms with Gasteiger partial charge in [-0.3, -0.25) is 0 Å². The highest BCUT2D eigenvalue weighted by Gasteiger charge is 2.29. The van der Waals surface area contributed by atoms with Crippen molar-refractivity contribution in [3.8, 4) is 5.88 Å². The highest BCUT2D eigenvalue weighted by molar-refractivity contribution is 7.03. The predicted molar refractivity (Wildman–Crippen MR) is 51.1 cm³/mol. The number of aliphatic hydroxyl groups excluding tert-OH is 1. The second kappa shape index (κ2) is 3.64. The van der Waals surface area contributed by atoms with Crippen LogP contribution in [0.1, 0.15) is 18.4 Å². The summed E-state index contributed by atoms with van der Waals surface area (Å²) >= 11 is 1.41. The van der Waals surface area contributed by atoms with Crippen LogP contribution >= 0.6 is 11.5 Å². The average Bonchev–Trinajstić information content (AvgIpc) is 2.58. The Bertz CT molecular complexity index is 287. The fraction of sp³-hybridized carbons (Fsp3) is 0.667. The minimum absolute atomic E-state index is 0.107. The highest BCUT2D eigenvalue weighted by atomic mass is 32.1. The number of hydrogen-bond acceptors (Lipinski definition) is 4. The number of rotatable bonds is 3. The number of nitrogens with zero attached hydrogens (tertiary/aromatic N) is 1. The molecule has 72 valence electrons. The zero-order chi connectivity index (χ0) is 9.26. The summed E-state index contributed by atoms with van der Waals surface area (Å²) in [7, 11) is 1.63. The summed E-state index contributed by atoms with van der Waals surface area (Å²) in [5.41, 5.74) is 1.14. The first-order valence-corrected chi connectivity index (χ1v) is 5.30. The van der Waals surface area contributed by atoms with E-state index in [0.29, 0.717) is 5.92 Å². The van der Waals surface area contributed by atoms with Crippen molar-refractivity contribution in [1.82, 2.24) is 4.37 Å². The van der Waals surface area contributed by atoms with E-state index in [-0.39, 0.29) is 6.10 Å². The summed E-state index contributed by atoms with van der Waals surface area (Å²) in [4.78, 5) is 0. The first kappa shape index (κ1) is 8.97. The van der Waals surface area contributed by atoms with Gasteiger partial charge in [-0.2, -0.15) is 4.37 Å². The molecule has 0 aromatic carbocycles. The van der Waals surface area contributed by atoms with E-state index in [4.69, 9.17) is 4.74 Å². The quantitative estimate of drug-likeness (QED) is 0.801. The Balaban J connectivity index is 2.00. The van der Waals surface area contributed by atoms with E-state index in [1.165, 1.54) is 11.5 Å². The highest BCUT2D eigenvalue weighted by Crippen LogP contribution is 2.33. The second-order valence-corrected chi connectivity index (χ2v) is 4.09. The molecule has 1 saturated carbocycles. The fourth-order valence-electron chi connectivity index (χ4n) is 1.62. The summed E-state index contributed by atoms with van der Waals surface area (Å²) in [6.07, 6.45) is 2.87. The lowest BCUT2D eigenvalue weighted by Crippen LogP contribution is -2.32. The summed E-state index contributed by atoms with van der Waals surface area (Å²) < 4.78 is 9.22. The molecule has 1 heterocycles. The van der Waals surface area contributed by atoms with Crippen LogP contribution in [0.2, 0.25) is 0 Å². The van der Waals surface area contributed by atoms with E-state index < -0.39 is 0 Å². The molecule has 0 radical (unpaired) electrons. The molecule has 1 aromatic heterocycles. The maximum atomic E-state index is 9.41. The van der Waals surface area contributed by atoms with Gasteiger partial charge in [0.05, 0.1) is 13.2 Å². The van der Waals surface area contributed by atoms with Gasteiger partial charge < -0.3 is 9.84 Å². The molecule has 1 aliphatic rings. The molecule has 0 bridgehead atoms. The van der Waals surface area contributed by atoms with Crippen LogP contribution in [0.4, 0.5) is 0 Å². The van der Waals surface area contributed by atoms with Crippen LogP contribution in [-0.2, 0) is 6.42 Å². The van der Waals surface area contributed by atoms with Crippen LogP contribution in [0.15, 0.2) is 5.38 Å². The molecule has 3 nitrogen and oxygen atoms in total. The molecule has 1 aliphatic carbocycles. The van der Waals surface area contributed by atoms with Gasteiger partial charge in [-0.1, -0.05) is 0 Å². The van der Waals surface area contributed by atoms with E-state index in [1.54, 1.807) is 7.11 Å². The topological polar surface area (TPSA) is 42.4 Å². The van der Waals surface area contributed by atoms with Crippen molar-refractivity contribution in [2.75, 3.05) is 7.11 Å². The summed E-state index contributed by atoms with van der Waals surface area (Å²) in [5, 5.41) is 11.4. The monoisotopic (exact) mass is 199 g/mol. The number of methoxy groups -OCH3 is 1. The van der Waals surface area contributed by atoms with Crippen LogP contribution in [0, 0.1) is 5.92 Å². The van der Waals surface area contributed by atoms with E-state index in [1.807, 2.05) is 5.38 Å². The van der Waals surface area contributed by atoms with Gasteiger partial charge in [-0.05, 0) is 36.7 Å². The number of aromatic nitrogens is 1. The van der Waals surface area contributed by atoms with E-state index in [2.05, 4.69) is 4.37 Å². The Morgan fingerprint density at radius 2 is 2.54 bits per heavy atom. The minimum atomic E-state index is -0.107. The number of aliphatic hydroxyl groups is 1. The van der Waals surface area contributed by atoms with Gasteiger partial charge in [-0.25, -0.2) is 0 Å². The van der Waals surface area contributed by atoms with Crippen molar-refractivity contribution in [2.24, 2.45) is 5.92 Å². The largest absolute Gasteiger partial charge is 0.480 e. The van der Waals surface area contributed by atoms with Crippen LogP contribution < -0.4 is 4.74 Å². The van der Waals surface area contributed by atoms with Crippen molar-refractivity contribution < 1.29 is 9.84 Å². The molecule has 4 heteroatoms. The molecule has 0 aliphatic heterocycles. The maximum Gasteiger partial charge on any atom is 0.228 e. The van der Waals surface area contributed by atoms with Gasteiger partial charge in [0, 0.05) is 10.9 Å². The Morgan fingerprint density at radius 1 is 1.69 bits per heavy atom. The van der Waals surface area contributed by atoms with E-state index in [0.717, 1.165) is 30.7 Å². The second-order valence-electron chi connectivity index (χ2n) is 3.46. The SMILES string of the molecule is COc1nscc1CC1CCC1O. The van der Waals surface area contributed by atoms with Gasteiger partial charge in [0.2, 0.25) is 5.88 Å². The third-order valence-electron chi connectivity index (χ3n) is 2.66. The lowest BCUT2D eigenvalue weighted by atomic mass is 9.78. The molecule has 0 saturated heterocycles. The third-order valence-corrected chi connectivity index (χ3v) is 3.32. The summed E-state index contributed by atoms with van der Waals surface area (Å²) in [6.45, 7) is 0. The summed E-state index contributed by atoms with van der Waals surface area (Å²) in [5.74, 6) is 1.15. The average molecular weight is 199 g/mol. The zero-order valence-corrected chi connectivity index (χ0v) is 8.38. The third kappa shape index (κ3) is 1.69. The minimum Gasteiger partial charge on any atom is -0.480 e. The lowest BCUT2D eigenvalue weighted by molar-refractivity contribution is 0.0242. The molecule has 2 atom stereocenters. The number of hydrogen-bond donors (Lipinski definition) is 1. The standard InChI is InChI=1S/C9H13NO2S/c1-12-9-7(5-13-10-9)4-6-2-3-8(6)11/h5-6,8,11H,2-4H2,1H3. The summed E-state index contributed by atoms with van der Waals surface area (Å²) in [6, 6.07) is 0. The van der Waals surface area contributed by atoms with Crippen molar-refractivity contribution in [3.05, 3.63) is 10.9 Å². The number of ether oxygens (including phenoxy) is 1. The predicted octanol–water partition coefficient (Wildman–Crippen LogP) is 1.47. The molecule has 1 aromatic rings. The normalized spacial score (nSPS) is 26.9. The molecular weight excluding hydrogens is 186 g/mol. The van der Waals surface area contributed by atoms with Crippen molar-refractivity contribution in [3.63, 3.8) is 0 Å². The Kier molecular flexibility index (Phi) is 2.51. The zero-order valence-electron chi connectivity index (χ0n) is 7.56. The molecule has 1 fully saturated rings. The van der Waals surface area contributed by atoms with Gasteiger partial charge in [-0.15, -0.1) is 0 Å². The van der Waals surface area contributed by atoms with Gasteiger partial charge in [0.1, 0.15) is 0 Å². The molecule has 13 heavy (non-hydrogen) atoms. The first-order valence-electron chi connectivity index (χ1n) is 4.46. The molecular formula is C9H13NO2S. The van der Waals surface area contributed by atoms with Gasteiger partial charge in [0.15, 0.2) is 0 Å². The molecule has 0 spiro atoms. The molecule has 2 unspecified atom stereocenters. The van der Waals surface area contributed by atoms with Crippen LogP contribution in [0.25, 0.3) is 0 Å². The maximum absolute atomic E-state index is 9.41. The lowest BCUT2D eigenvalue weighted by Gasteiger charge is -2.32. The van der Waals surface area contributed by atoms with Crippen molar-refractivity contribution in [2.45, 2.75) is 25.4 Å². The van der Waals surface area contributed by atoms with Crippen LogP contribution in [-0.4, -0.2) is 22.7 Å². The Labute approximate surface area is 81.5 Å². The van der Waals surface area contributed by atoms with Crippen molar-refractivity contribution >= 4 is 11.5 Å². The molecule has 1 N–H and O–H groups in total. The van der Waals surface area contributed by atoms with E-state index in [9.17, 15) is 5.11 Å². The van der Waals surface area contributed by atoms with Crippen molar-refractivity contribution in [1.29, 1.82) is 0 Å². The van der Waals surface area contributed by atoms with Crippen LogP contribution in [0.5, 0.6) is 5.88 Å². The van der Waals surface area contributed by atoms with Gasteiger partial charge in [0.25, 0.3) is 0 Å². The van der Waals surface area contributed by atoms with Crippen LogP contribution in [0.3, 0.4) is 0 Å². The van der Waals surface area contributed by atoms with E-state index >= 15 is 0 Å². The molecule has 2 rings (SSSR count). The Morgan fingerprint density at radius 3 is 3.08 bits per heavy atom. The smallest absolute Gasteiger partial charge is 0.228 e.